The van der Waals surface area contributed by atoms with Crippen molar-refractivity contribution in [2.45, 2.75) is 52.5 Å². The topological polar surface area (TPSA) is 94.8 Å². The second kappa shape index (κ2) is 10.3. The maximum absolute atomic E-state index is 13.8. The molecule has 0 spiro atoms. The molecule has 1 atom stereocenters. The summed E-state index contributed by atoms with van der Waals surface area (Å²) in [6.45, 7) is 9.06. The Bertz CT molecular complexity index is 1510. The summed E-state index contributed by atoms with van der Waals surface area (Å²) in [6.07, 6.45) is 1.94. The molecule has 4 aromatic rings. The minimum Gasteiger partial charge on any atom is -0.490 e. The molecule has 0 N–H and O–H groups in total. The van der Waals surface area contributed by atoms with Gasteiger partial charge in [0.1, 0.15) is 10.6 Å². The summed E-state index contributed by atoms with van der Waals surface area (Å²) in [4.78, 5) is 29.1. The van der Waals surface area contributed by atoms with E-state index in [4.69, 9.17) is 13.9 Å². The Morgan fingerprint density at radius 2 is 1.86 bits per heavy atom. The number of amides is 1. The number of unbranched alkanes of at least 4 members (excludes halogenated alkanes) is 1. The minimum atomic E-state index is -0.750. The van der Waals surface area contributed by atoms with Crippen molar-refractivity contribution in [1.29, 1.82) is 0 Å². The van der Waals surface area contributed by atoms with Crippen LogP contribution in [0.2, 0.25) is 0 Å². The van der Waals surface area contributed by atoms with Crippen molar-refractivity contribution in [3.8, 4) is 11.5 Å². The van der Waals surface area contributed by atoms with Crippen molar-refractivity contribution >= 4 is 33.3 Å². The molecular formula is C28H29N3O5S. The Morgan fingerprint density at radius 3 is 2.59 bits per heavy atom. The van der Waals surface area contributed by atoms with Crippen LogP contribution >= 0.6 is 11.3 Å². The van der Waals surface area contributed by atoms with E-state index in [0.717, 1.165) is 17.8 Å². The van der Waals surface area contributed by atoms with E-state index < -0.39 is 11.9 Å². The number of para-hydroxylation sites is 1. The van der Waals surface area contributed by atoms with Crippen LogP contribution in [0.5, 0.6) is 11.5 Å². The third-order valence-corrected chi connectivity index (χ3v) is 7.47. The lowest BCUT2D eigenvalue weighted by molar-refractivity contribution is 0.0970. The number of hydrogen-bond donors (Lipinski definition) is 0. The molecule has 1 unspecified atom stereocenters. The van der Waals surface area contributed by atoms with Crippen molar-refractivity contribution in [3.63, 3.8) is 0 Å². The van der Waals surface area contributed by atoms with Crippen molar-refractivity contribution in [3.05, 3.63) is 74.6 Å². The number of fused-ring (bicyclic) bond motifs is 2. The number of rotatable bonds is 9. The lowest BCUT2D eigenvalue weighted by Gasteiger charge is -2.23. The Morgan fingerprint density at radius 1 is 1.05 bits per heavy atom. The monoisotopic (exact) mass is 519 g/mol. The fraction of sp³-hybridized carbons (Fsp3) is 0.357. The predicted molar refractivity (Wildman–Crippen MR) is 143 cm³/mol. The van der Waals surface area contributed by atoms with Gasteiger partial charge in [-0.2, -0.15) is 0 Å². The standard InChI is InChI=1S/C28H29N3O5S/c1-5-7-14-35-20-13-12-17(15-21(20)34-6-2)23-22-24(32)18-10-8-9-11-19(18)36-25(22)27(33)31(23)28-30-29-26(37-28)16(3)4/h8-13,15-16,23H,5-7,14H2,1-4H3. The first kappa shape index (κ1) is 25.0. The fourth-order valence-electron chi connectivity index (χ4n) is 4.40. The number of carbonyl (C=O) groups is 1. The molecule has 37 heavy (non-hydrogen) atoms. The molecule has 0 fully saturated rings. The quantitative estimate of drug-likeness (QED) is 0.247. The molecule has 1 aliphatic rings. The number of aromatic nitrogens is 2. The van der Waals surface area contributed by atoms with E-state index >= 15 is 0 Å². The fourth-order valence-corrected chi connectivity index (χ4v) is 5.27. The zero-order valence-electron chi connectivity index (χ0n) is 21.3. The van der Waals surface area contributed by atoms with Gasteiger partial charge in [0.2, 0.25) is 10.9 Å². The summed E-state index contributed by atoms with van der Waals surface area (Å²) in [5.41, 5.74) is 1.11. The van der Waals surface area contributed by atoms with Gasteiger partial charge in [-0.25, -0.2) is 0 Å². The Balaban J connectivity index is 1.69. The van der Waals surface area contributed by atoms with Gasteiger partial charge < -0.3 is 13.9 Å². The van der Waals surface area contributed by atoms with Crippen LogP contribution in [-0.2, 0) is 0 Å². The smallest absolute Gasteiger partial charge is 0.297 e. The van der Waals surface area contributed by atoms with E-state index in [0.29, 0.717) is 46.4 Å². The molecule has 1 amide bonds. The minimum absolute atomic E-state index is 0.0243. The Labute approximate surface area is 218 Å². The number of ether oxygens (including phenoxy) is 2. The van der Waals surface area contributed by atoms with Gasteiger partial charge in [0.15, 0.2) is 16.9 Å². The van der Waals surface area contributed by atoms with E-state index in [1.54, 1.807) is 24.3 Å². The van der Waals surface area contributed by atoms with Crippen LogP contribution < -0.4 is 19.8 Å². The van der Waals surface area contributed by atoms with E-state index in [2.05, 4.69) is 17.1 Å². The third kappa shape index (κ3) is 4.48. The second-order valence-corrected chi connectivity index (χ2v) is 10.2. The van der Waals surface area contributed by atoms with Gasteiger partial charge >= 0.3 is 0 Å². The molecule has 192 valence electrons. The summed E-state index contributed by atoms with van der Waals surface area (Å²) >= 11 is 1.34. The van der Waals surface area contributed by atoms with Gasteiger partial charge in [-0.3, -0.25) is 14.5 Å². The van der Waals surface area contributed by atoms with Crippen LogP contribution in [0, 0.1) is 0 Å². The number of anilines is 1. The number of benzene rings is 2. The zero-order chi connectivity index (χ0) is 26.1. The highest BCUT2D eigenvalue weighted by molar-refractivity contribution is 7.15. The Kier molecular flexibility index (Phi) is 6.97. The van der Waals surface area contributed by atoms with Gasteiger partial charge in [-0.1, -0.05) is 56.7 Å². The van der Waals surface area contributed by atoms with E-state index in [1.807, 2.05) is 39.0 Å². The Hall–Kier alpha value is -3.72. The van der Waals surface area contributed by atoms with Crippen LogP contribution in [0.25, 0.3) is 11.0 Å². The highest BCUT2D eigenvalue weighted by Crippen LogP contribution is 2.44. The van der Waals surface area contributed by atoms with Crippen molar-refractivity contribution < 1.29 is 18.7 Å². The summed E-state index contributed by atoms with van der Waals surface area (Å²) in [5.74, 6) is 0.934. The highest BCUT2D eigenvalue weighted by Gasteiger charge is 2.45. The maximum Gasteiger partial charge on any atom is 0.297 e. The lowest BCUT2D eigenvalue weighted by atomic mass is 9.98. The van der Waals surface area contributed by atoms with Crippen molar-refractivity contribution in [1.82, 2.24) is 10.2 Å². The predicted octanol–water partition coefficient (Wildman–Crippen LogP) is 6.10. The zero-order valence-corrected chi connectivity index (χ0v) is 22.1. The summed E-state index contributed by atoms with van der Waals surface area (Å²) < 4.78 is 17.9. The SMILES string of the molecule is CCCCOc1ccc(C2c3c(oc4ccccc4c3=O)C(=O)N2c2nnc(C(C)C)s2)cc1OCC. The molecule has 1 aliphatic heterocycles. The average molecular weight is 520 g/mol. The van der Waals surface area contributed by atoms with Crippen LogP contribution in [0.15, 0.2) is 51.7 Å². The molecule has 8 nitrogen and oxygen atoms in total. The molecule has 0 radical (unpaired) electrons. The first-order valence-corrected chi connectivity index (χ1v) is 13.4. The van der Waals surface area contributed by atoms with Gasteiger partial charge in [0.05, 0.1) is 30.2 Å². The first-order chi connectivity index (χ1) is 17.9. The largest absolute Gasteiger partial charge is 0.490 e. The third-order valence-electron chi connectivity index (χ3n) is 6.25. The molecule has 3 heterocycles. The molecule has 0 bridgehead atoms. The summed E-state index contributed by atoms with van der Waals surface area (Å²) in [7, 11) is 0. The van der Waals surface area contributed by atoms with Crippen LogP contribution in [0.3, 0.4) is 0 Å². The molecular weight excluding hydrogens is 490 g/mol. The molecule has 0 saturated carbocycles. The molecule has 0 saturated heterocycles. The summed E-state index contributed by atoms with van der Waals surface area (Å²) in [5, 5.41) is 10.3. The molecule has 2 aromatic carbocycles. The number of hydrogen-bond acceptors (Lipinski definition) is 8. The van der Waals surface area contributed by atoms with E-state index in [1.165, 1.54) is 16.2 Å². The maximum atomic E-state index is 13.8. The number of nitrogens with zero attached hydrogens (tertiary/aromatic N) is 3. The highest BCUT2D eigenvalue weighted by atomic mass is 32.1. The van der Waals surface area contributed by atoms with E-state index in [9.17, 15) is 9.59 Å². The average Bonchev–Trinajstić information content (AvgIpc) is 3.49. The molecule has 0 aliphatic carbocycles. The van der Waals surface area contributed by atoms with Gasteiger partial charge in [-0.15, -0.1) is 10.2 Å². The number of carbonyl (C=O) groups excluding carboxylic acids is 1. The normalized spacial score (nSPS) is 15.0. The van der Waals surface area contributed by atoms with E-state index in [-0.39, 0.29) is 22.7 Å². The second-order valence-electron chi connectivity index (χ2n) is 9.17. The lowest BCUT2D eigenvalue weighted by Crippen LogP contribution is -2.29. The molecule has 5 rings (SSSR count). The van der Waals surface area contributed by atoms with Crippen molar-refractivity contribution in [2.75, 3.05) is 18.1 Å². The molecule has 2 aromatic heterocycles. The van der Waals surface area contributed by atoms with Gasteiger partial charge in [-0.05, 0) is 43.2 Å². The van der Waals surface area contributed by atoms with Crippen LogP contribution in [0.1, 0.15) is 79.2 Å². The van der Waals surface area contributed by atoms with Gasteiger partial charge in [0.25, 0.3) is 5.91 Å². The van der Waals surface area contributed by atoms with Crippen LogP contribution in [-0.4, -0.2) is 29.3 Å². The molecule has 9 heteroatoms. The first-order valence-electron chi connectivity index (χ1n) is 12.6. The summed E-state index contributed by atoms with van der Waals surface area (Å²) in [6, 6.07) is 11.7. The van der Waals surface area contributed by atoms with Crippen LogP contribution in [0.4, 0.5) is 5.13 Å². The van der Waals surface area contributed by atoms with Gasteiger partial charge in [0, 0.05) is 5.92 Å². The van der Waals surface area contributed by atoms with Crippen molar-refractivity contribution in [2.24, 2.45) is 0 Å².